The number of carbonyl (C=O) groups is 1. The minimum Gasteiger partial charge on any atom is -0.481 e. The molecule has 5 nitrogen and oxygen atoms in total. The molecule has 1 aromatic rings. The normalized spacial score (nSPS) is 16.4. The molecule has 0 saturated carbocycles. The Morgan fingerprint density at radius 1 is 1.67 bits per heavy atom. The van der Waals surface area contributed by atoms with Crippen molar-refractivity contribution in [2.45, 2.75) is 25.2 Å². The topological polar surface area (TPSA) is 81.1 Å². The highest BCUT2D eigenvalue weighted by Crippen LogP contribution is 2.29. The third kappa shape index (κ3) is 1.52. The Morgan fingerprint density at radius 3 is 3.00 bits per heavy atom. The summed E-state index contributed by atoms with van der Waals surface area (Å²) in [5, 5.41) is 13.4. The molecule has 0 aliphatic heterocycles. The molecule has 1 aliphatic rings. The van der Waals surface area contributed by atoms with E-state index in [1.807, 2.05) is 0 Å². The maximum absolute atomic E-state index is 11.1. The van der Waals surface area contributed by atoms with E-state index in [2.05, 4.69) is 5.10 Å². The first-order chi connectivity index (χ1) is 7.15. The van der Waals surface area contributed by atoms with Crippen molar-refractivity contribution in [1.82, 2.24) is 9.78 Å². The lowest BCUT2D eigenvalue weighted by atomic mass is 10.0. The maximum atomic E-state index is 11.1. The van der Waals surface area contributed by atoms with E-state index in [1.165, 1.54) is 0 Å². The van der Waals surface area contributed by atoms with Gasteiger partial charge in [-0.3, -0.25) is 9.48 Å². The van der Waals surface area contributed by atoms with E-state index in [0.717, 1.165) is 36.2 Å². The number of fused-ring (bicyclic) bond motifs is 1. The van der Waals surface area contributed by atoms with Crippen molar-refractivity contribution >= 4 is 5.97 Å². The highest BCUT2D eigenvalue weighted by molar-refractivity contribution is 5.76. The van der Waals surface area contributed by atoms with Crippen LogP contribution in [-0.4, -0.2) is 27.4 Å². The van der Waals surface area contributed by atoms with Gasteiger partial charge in [0, 0.05) is 13.6 Å². The van der Waals surface area contributed by atoms with E-state index >= 15 is 0 Å². The van der Waals surface area contributed by atoms with Crippen LogP contribution in [0.25, 0.3) is 0 Å². The third-order valence-electron chi connectivity index (χ3n) is 2.98. The van der Waals surface area contributed by atoms with Gasteiger partial charge in [0.15, 0.2) is 0 Å². The molecule has 15 heavy (non-hydrogen) atoms. The zero-order valence-electron chi connectivity index (χ0n) is 8.73. The zero-order valence-corrected chi connectivity index (χ0v) is 8.73. The number of nitrogens with zero attached hydrogens (tertiary/aromatic N) is 2. The molecule has 1 atom stereocenters. The quantitative estimate of drug-likeness (QED) is 0.736. The van der Waals surface area contributed by atoms with Crippen LogP contribution < -0.4 is 5.73 Å². The molecule has 0 aromatic carbocycles. The third-order valence-corrected chi connectivity index (χ3v) is 2.98. The predicted octanol–water partition coefficient (Wildman–Crippen LogP) is 0.0357. The number of carboxylic acids is 1. The van der Waals surface area contributed by atoms with Crippen molar-refractivity contribution < 1.29 is 9.90 Å². The molecule has 82 valence electrons. The minimum atomic E-state index is -0.866. The summed E-state index contributed by atoms with van der Waals surface area (Å²) in [4.78, 5) is 11.1. The monoisotopic (exact) mass is 209 g/mol. The first kappa shape index (κ1) is 10.2. The molecule has 0 bridgehead atoms. The van der Waals surface area contributed by atoms with Gasteiger partial charge in [-0.1, -0.05) is 0 Å². The molecule has 0 amide bonds. The SMILES string of the molecule is Cn1nc2c(c1C(CN)C(=O)O)CCC2. The van der Waals surface area contributed by atoms with E-state index in [9.17, 15) is 4.79 Å². The summed E-state index contributed by atoms with van der Waals surface area (Å²) < 4.78 is 1.68. The Kier molecular flexibility index (Phi) is 2.48. The van der Waals surface area contributed by atoms with Crippen molar-refractivity contribution in [3.8, 4) is 0 Å². The second kappa shape index (κ2) is 3.66. The van der Waals surface area contributed by atoms with Crippen LogP contribution >= 0.6 is 0 Å². The first-order valence-corrected chi connectivity index (χ1v) is 5.12. The maximum Gasteiger partial charge on any atom is 0.313 e. The zero-order chi connectivity index (χ0) is 11.0. The minimum absolute atomic E-state index is 0.126. The lowest BCUT2D eigenvalue weighted by Gasteiger charge is -2.12. The molecule has 1 heterocycles. The van der Waals surface area contributed by atoms with Crippen LogP contribution in [0.3, 0.4) is 0 Å². The molecule has 0 spiro atoms. The second-order valence-electron chi connectivity index (χ2n) is 3.91. The number of carboxylic acid groups (broad SMARTS) is 1. The van der Waals surface area contributed by atoms with Crippen molar-refractivity contribution in [3.05, 3.63) is 17.0 Å². The average Bonchev–Trinajstić information content (AvgIpc) is 2.69. The standard InChI is InChI=1S/C10H15N3O2/c1-13-9(7(5-11)10(14)15)6-3-2-4-8(6)12-13/h7H,2-5,11H2,1H3,(H,14,15). The molecule has 3 N–H and O–H groups in total. The first-order valence-electron chi connectivity index (χ1n) is 5.12. The molecule has 1 unspecified atom stereocenters. The van der Waals surface area contributed by atoms with E-state index < -0.39 is 11.9 Å². The summed E-state index contributed by atoms with van der Waals surface area (Å²) >= 11 is 0. The van der Waals surface area contributed by atoms with Gasteiger partial charge < -0.3 is 10.8 Å². The van der Waals surface area contributed by atoms with Gasteiger partial charge in [-0.15, -0.1) is 0 Å². The highest BCUT2D eigenvalue weighted by atomic mass is 16.4. The van der Waals surface area contributed by atoms with E-state index in [0.29, 0.717) is 0 Å². The number of aryl methyl sites for hydroxylation is 2. The van der Waals surface area contributed by atoms with Gasteiger partial charge >= 0.3 is 5.97 Å². The highest BCUT2D eigenvalue weighted by Gasteiger charge is 2.29. The van der Waals surface area contributed by atoms with Crippen molar-refractivity contribution in [1.29, 1.82) is 0 Å². The lowest BCUT2D eigenvalue weighted by Crippen LogP contribution is -2.24. The van der Waals surface area contributed by atoms with Crippen LogP contribution in [0.2, 0.25) is 0 Å². The summed E-state index contributed by atoms with van der Waals surface area (Å²) in [6.07, 6.45) is 2.96. The van der Waals surface area contributed by atoms with Crippen molar-refractivity contribution in [2.75, 3.05) is 6.54 Å². The van der Waals surface area contributed by atoms with Gasteiger partial charge in [0.2, 0.25) is 0 Å². The molecule has 5 heteroatoms. The number of hydrogen-bond donors (Lipinski definition) is 2. The number of aromatic nitrogens is 2. The Morgan fingerprint density at radius 2 is 2.40 bits per heavy atom. The fourth-order valence-electron chi connectivity index (χ4n) is 2.31. The lowest BCUT2D eigenvalue weighted by molar-refractivity contribution is -0.138. The van der Waals surface area contributed by atoms with Gasteiger partial charge in [0.1, 0.15) is 5.92 Å². The molecule has 1 aliphatic carbocycles. The second-order valence-corrected chi connectivity index (χ2v) is 3.91. The Balaban J connectivity index is 2.46. The molecular weight excluding hydrogens is 194 g/mol. The fraction of sp³-hybridized carbons (Fsp3) is 0.600. The van der Waals surface area contributed by atoms with E-state index in [-0.39, 0.29) is 6.54 Å². The van der Waals surface area contributed by atoms with E-state index in [1.54, 1.807) is 11.7 Å². The van der Waals surface area contributed by atoms with Crippen LogP contribution in [0.5, 0.6) is 0 Å². The van der Waals surface area contributed by atoms with Gasteiger partial charge in [0.25, 0.3) is 0 Å². The van der Waals surface area contributed by atoms with Gasteiger partial charge in [-0.2, -0.15) is 5.10 Å². The molecular formula is C10H15N3O2. The van der Waals surface area contributed by atoms with Gasteiger partial charge in [-0.25, -0.2) is 0 Å². The van der Waals surface area contributed by atoms with Crippen molar-refractivity contribution in [3.63, 3.8) is 0 Å². The largest absolute Gasteiger partial charge is 0.481 e. The van der Waals surface area contributed by atoms with Crippen LogP contribution in [0, 0.1) is 0 Å². The summed E-state index contributed by atoms with van der Waals surface area (Å²) in [6, 6.07) is 0. The molecule has 2 rings (SSSR count). The van der Waals surface area contributed by atoms with Crippen LogP contribution in [0.1, 0.15) is 29.3 Å². The van der Waals surface area contributed by atoms with Gasteiger partial charge in [0.05, 0.1) is 11.4 Å². The van der Waals surface area contributed by atoms with Crippen LogP contribution in [0.15, 0.2) is 0 Å². The smallest absolute Gasteiger partial charge is 0.313 e. The summed E-state index contributed by atoms with van der Waals surface area (Å²) in [5.74, 6) is -1.49. The van der Waals surface area contributed by atoms with Crippen LogP contribution in [0.4, 0.5) is 0 Å². The average molecular weight is 209 g/mol. The number of aliphatic carboxylic acids is 1. The Hall–Kier alpha value is -1.36. The van der Waals surface area contributed by atoms with Crippen molar-refractivity contribution in [2.24, 2.45) is 12.8 Å². The Bertz CT molecular complexity index is 398. The predicted molar refractivity (Wildman–Crippen MR) is 54.7 cm³/mol. The summed E-state index contributed by atoms with van der Waals surface area (Å²) in [7, 11) is 1.79. The summed E-state index contributed by atoms with van der Waals surface area (Å²) in [5.41, 5.74) is 8.45. The van der Waals surface area contributed by atoms with Crippen LogP contribution in [-0.2, 0) is 24.7 Å². The fourth-order valence-corrected chi connectivity index (χ4v) is 2.31. The number of nitrogens with two attached hydrogens (primary N) is 1. The number of hydrogen-bond acceptors (Lipinski definition) is 3. The molecule has 0 fully saturated rings. The van der Waals surface area contributed by atoms with Gasteiger partial charge in [-0.05, 0) is 24.8 Å². The number of rotatable bonds is 3. The summed E-state index contributed by atoms with van der Waals surface area (Å²) in [6.45, 7) is 0.126. The van der Waals surface area contributed by atoms with E-state index in [4.69, 9.17) is 10.8 Å². The molecule has 0 saturated heterocycles. The Labute approximate surface area is 87.9 Å². The molecule has 0 radical (unpaired) electrons. The molecule has 1 aromatic heterocycles.